The Bertz CT molecular complexity index is 981. The zero-order chi connectivity index (χ0) is 19.9. The molecule has 144 valence electrons. The molecule has 3 N–H and O–H groups in total. The summed E-state index contributed by atoms with van der Waals surface area (Å²) >= 11 is 0. The highest BCUT2D eigenvalue weighted by Gasteiger charge is 2.20. The van der Waals surface area contributed by atoms with Crippen molar-refractivity contribution in [2.75, 3.05) is 5.32 Å². The second-order valence-corrected chi connectivity index (χ2v) is 6.30. The molecule has 1 atom stereocenters. The summed E-state index contributed by atoms with van der Waals surface area (Å²) in [7, 11) is 0. The van der Waals surface area contributed by atoms with Crippen LogP contribution in [0.25, 0.3) is 10.9 Å². The molecule has 0 fully saturated rings. The van der Waals surface area contributed by atoms with E-state index in [-0.39, 0.29) is 6.42 Å². The van der Waals surface area contributed by atoms with Crippen molar-refractivity contribution < 1.29 is 19.1 Å². The number of nitrogens with one attached hydrogen (secondary N) is 3. The Labute approximate surface area is 162 Å². The summed E-state index contributed by atoms with van der Waals surface area (Å²) < 4.78 is 5.13. The van der Waals surface area contributed by atoms with Gasteiger partial charge in [0.2, 0.25) is 0 Å². The van der Waals surface area contributed by atoms with Crippen LogP contribution in [0.2, 0.25) is 0 Å². The number of anilines is 1. The first-order valence-electron chi connectivity index (χ1n) is 8.94. The molecular weight excluding hydrogens is 358 g/mol. The monoisotopic (exact) mass is 379 g/mol. The normalized spacial score (nSPS) is 11.6. The van der Waals surface area contributed by atoms with Crippen molar-refractivity contribution in [3.63, 3.8) is 0 Å². The highest BCUT2D eigenvalue weighted by atomic mass is 16.5. The number of imide groups is 1. The average Bonchev–Trinajstić information content (AvgIpc) is 3.10. The number of fused-ring (bicyclic) bond motifs is 1. The van der Waals surface area contributed by atoms with Gasteiger partial charge in [-0.1, -0.05) is 36.4 Å². The van der Waals surface area contributed by atoms with E-state index in [0.717, 1.165) is 16.5 Å². The van der Waals surface area contributed by atoms with Crippen molar-refractivity contribution in [2.45, 2.75) is 25.9 Å². The highest BCUT2D eigenvalue weighted by molar-refractivity contribution is 6.02. The number of hydrogen-bond acceptors (Lipinski definition) is 4. The minimum absolute atomic E-state index is 0.135. The number of H-pyrrole nitrogens is 1. The van der Waals surface area contributed by atoms with Crippen molar-refractivity contribution in [1.82, 2.24) is 10.3 Å². The number of amides is 3. The maximum Gasteiger partial charge on any atom is 0.325 e. The SMILES string of the molecule is CC(OC(=O)CCc1c[nH]c2ccccc12)C(=O)NC(=O)Nc1ccccc1. The quantitative estimate of drug-likeness (QED) is 0.572. The van der Waals surface area contributed by atoms with Crippen molar-refractivity contribution in [3.05, 3.63) is 66.4 Å². The highest BCUT2D eigenvalue weighted by Crippen LogP contribution is 2.19. The molecule has 1 aromatic heterocycles. The van der Waals surface area contributed by atoms with Crippen molar-refractivity contribution in [3.8, 4) is 0 Å². The fourth-order valence-electron chi connectivity index (χ4n) is 2.78. The van der Waals surface area contributed by atoms with Gasteiger partial charge in [-0.25, -0.2) is 4.79 Å². The van der Waals surface area contributed by atoms with E-state index in [1.807, 2.05) is 36.5 Å². The molecule has 0 aliphatic rings. The summed E-state index contributed by atoms with van der Waals surface area (Å²) in [6.07, 6.45) is 1.42. The summed E-state index contributed by atoms with van der Waals surface area (Å²) in [6.45, 7) is 1.43. The smallest absolute Gasteiger partial charge is 0.325 e. The molecule has 0 bridgehead atoms. The number of hydrogen-bond donors (Lipinski definition) is 3. The van der Waals surface area contributed by atoms with E-state index in [1.54, 1.807) is 24.3 Å². The van der Waals surface area contributed by atoms with Crippen LogP contribution in [-0.2, 0) is 20.7 Å². The van der Waals surface area contributed by atoms with Crippen LogP contribution >= 0.6 is 0 Å². The largest absolute Gasteiger partial charge is 0.453 e. The fourth-order valence-corrected chi connectivity index (χ4v) is 2.78. The molecule has 0 spiro atoms. The van der Waals surface area contributed by atoms with Crippen LogP contribution in [-0.4, -0.2) is 29.0 Å². The molecule has 28 heavy (non-hydrogen) atoms. The number of carbonyl (C=O) groups excluding carboxylic acids is 3. The van der Waals surface area contributed by atoms with E-state index in [1.165, 1.54) is 6.92 Å². The van der Waals surface area contributed by atoms with Gasteiger partial charge in [-0.3, -0.25) is 14.9 Å². The number of rotatable bonds is 6. The molecule has 3 amide bonds. The molecule has 3 rings (SSSR count). The van der Waals surface area contributed by atoms with Crippen molar-refractivity contribution in [2.24, 2.45) is 0 Å². The summed E-state index contributed by atoms with van der Waals surface area (Å²) in [6, 6.07) is 15.8. The minimum atomic E-state index is -1.07. The molecule has 1 unspecified atom stereocenters. The number of carbonyl (C=O) groups is 3. The molecule has 1 heterocycles. The van der Waals surface area contributed by atoms with E-state index in [0.29, 0.717) is 12.1 Å². The minimum Gasteiger partial charge on any atom is -0.453 e. The van der Waals surface area contributed by atoms with Gasteiger partial charge in [0.15, 0.2) is 6.10 Å². The molecular formula is C21H21N3O4. The number of para-hydroxylation sites is 2. The summed E-state index contributed by atoms with van der Waals surface area (Å²) in [5, 5.41) is 5.74. The third-order valence-electron chi connectivity index (χ3n) is 4.22. The molecule has 0 aliphatic carbocycles. The van der Waals surface area contributed by atoms with Gasteiger partial charge in [0, 0.05) is 29.2 Å². The Morgan fingerprint density at radius 2 is 1.75 bits per heavy atom. The number of aryl methyl sites for hydroxylation is 1. The number of benzene rings is 2. The van der Waals surface area contributed by atoms with Crippen LogP contribution in [0.1, 0.15) is 18.9 Å². The van der Waals surface area contributed by atoms with Gasteiger partial charge in [0.1, 0.15) is 0 Å². The van der Waals surface area contributed by atoms with E-state index in [9.17, 15) is 14.4 Å². The summed E-state index contributed by atoms with van der Waals surface area (Å²) in [5.41, 5.74) is 2.56. The predicted molar refractivity (Wildman–Crippen MR) is 106 cm³/mol. The Morgan fingerprint density at radius 3 is 2.54 bits per heavy atom. The summed E-state index contributed by atoms with van der Waals surface area (Å²) in [5.74, 6) is -1.19. The standard InChI is InChI=1S/C21H21N3O4/c1-14(20(26)24-21(27)23-16-7-3-2-4-8-16)28-19(25)12-11-15-13-22-18-10-6-5-9-17(15)18/h2-10,13-14,22H,11-12H2,1H3,(H2,23,24,26,27). The Balaban J connectivity index is 1.45. The third kappa shape index (κ3) is 4.97. The zero-order valence-electron chi connectivity index (χ0n) is 15.4. The van der Waals surface area contributed by atoms with Gasteiger partial charge >= 0.3 is 12.0 Å². The van der Waals surface area contributed by atoms with Gasteiger partial charge in [0.25, 0.3) is 5.91 Å². The zero-order valence-corrected chi connectivity index (χ0v) is 15.4. The van der Waals surface area contributed by atoms with Crippen molar-refractivity contribution in [1.29, 1.82) is 0 Å². The number of urea groups is 1. The Morgan fingerprint density at radius 1 is 1.04 bits per heavy atom. The first-order chi connectivity index (χ1) is 13.5. The van der Waals surface area contributed by atoms with Gasteiger partial charge in [-0.2, -0.15) is 0 Å². The lowest BCUT2D eigenvalue weighted by atomic mass is 10.1. The van der Waals surface area contributed by atoms with Crippen molar-refractivity contribution >= 4 is 34.5 Å². The lowest BCUT2D eigenvalue weighted by Crippen LogP contribution is -2.41. The van der Waals surface area contributed by atoms with Gasteiger partial charge in [0.05, 0.1) is 0 Å². The topological polar surface area (TPSA) is 100 Å². The second kappa shape index (κ2) is 8.85. The van der Waals surface area contributed by atoms with E-state index >= 15 is 0 Å². The molecule has 0 saturated heterocycles. The lowest BCUT2D eigenvalue weighted by Gasteiger charge is -2.13. The van der Waals surface area contributed by atoms with Gasteiger partial charge in [-0.05, 0) is 37.1 Å². The van der Waals surface area contributed by atoms with Gasteiger partial charge in [-0.15, -0.1) is 0 Å². The van der Waals surface area contributed by atoms with Crippen LogP contribution in [0.3, 0.4) is 0 Å². The predicted octanol–water partition coefficient (Wildman–Crippen LogP) is 3.38. The van der Waals surface area contributed by atoms with Crippen LogP contribution in [0.4, 0.5) is 10.5 Å². The fraction of sp³-hybridized carbons (Fsp3) is 0.190. The Kier molecular flexibility index (Phi) is 6.06. The van der Waals surface area contributed by atoms with Crippen LogP contribution in [0.5, 0.6) is 0 Å². The van der Waals surface area contributed by atoms with Crippen LogP contribution < -0.4 is 10.6 Å². The maximum atomic E-state index is 12.1. The molecule has 0 radical (unpaired) electrons. The van der Waals surface area contributed by atoms with Crippen LogP contribution in [0.15, 0.2) is 60.8 Å². The average molecular weight is 379 g/mol. The second-order valence-electron chi connectivity index (χ2n) is 6.30. The molecule has 0 aliphatic heterocycles. The van der Waals surface area contributed by atoms with E-state index < -0.39 is 24.0 Å². The molecule has 7 heteroatoms. The molecule has 2 aromatic carbocycles. The van der Waals surface area contributed by atoms with E-state index in [2.05, 4.69) is 15.6 Å². The molecule has 7 nitrogen and oxygen atoms in total. The molecule has 3 aromatic rings. The number of ether oxygens (including phenoxy) is 1. The number of aromatic amines is 1. The van der Waals surface area contributed by atoms with Gasteiger partial charge < -0.3 is 15.0 Å². The maximum absolute atomic E-state index is 12.1. The van der Waals surface area contributed by atoms with Crippen LogP contribution in [0, 0.1) is 0 Å². The third-order valence-corrected chi connectivity index (χ3v) is 4.22. The first-order valence-corrected chi connectivity index (χ1v) is 8.94. The number of esters is 1. The molecule has 0 saturated carbocycles. The summed E-state index contributed by atoms with van der Waals surface area (Å²) in [4.78, 5) is 39.1. The Hall–Kier alpha value is -3.61. The van der Waals surface area contributed by atoms with E-state index in [4.69, 9.17) is 4.74 Å². The number of aromatic nitrogens is 1. The first kappa shape index (κ1) is 19.2. The lowest BCUT2D eigenvalue weighted by molar-refractivity contribution is -0.154.